The fourth-order valence-electron chi connectivity index (χ4n) is 4.17. The topological polar surface area (TPSA) is 99.5 Å². The number of anilines is 1. The maximum absolute atomic E-state index is 13.3. The molecular weight excluding hydrogens is 454 g/mol. The minimum Gasteiger partial charge on any atom is -0.494 e. The molecule has 8 nitrogen and oxygen atoms in total. The Kier molecular flexibility index (Phi) is 7.31. The standard InChI is InChI=1S/C25H29N3O5S/c1-4-32-18-12-10-17(11-13-18)27-22(29)16(3)28-14-26-23-20(24(28)30)15(2)21(34-23)25(31)33-19-8-6-5-7-9-19/h10-14,16,19H,4-9H2,1-3H3,(H,27,29). The van der Waals surface area contributed by atoms with Gasteiger partial charge >= 0.3 is 5.97 Å². The summed E-state index contributed by atoms with van der Waals surface area (Å²) >= 11 is 1.16. The van der Waals surface area contributed by atoms with Crippen molar-refractivity contribution >= 4 is 39.1 Å². The Labute approximate surface area is 201 Å². The maximum atomic E-state index is 13.3. The molecule has 0 radical (unpaired) electrons. The third-order valence-corrected chi connectivity index (χ3v) is 7.30. The van der Waals surface area contributed by atoms with E-state index in [1.54, 1.807) is 38.1 Å². The Balaban J connectivity index is 1.54. The van der Waals surface area contributed by atoms with Crippen LogP contribution in [0.5, 0.6) is 5.75 Å². The fourth-order valence-corrected chi connectivity index (χ4v) is 5.19. The molecule has 2 aromatic heterocycles. The number of thiophene rings is 1. The van der Waals surface area contributed by atoms with Crippen LogP contribution in [-0.4, -0.2) is 34.1 Å². The van der Waals surface area contributed by atoms with Crippen LogP contribution in [0.2, 0.25) is 0 Å². The van der Waals surface area contributed by atoms with E-state index in [0.29, 0.717) is 38.7 Å². The highest BCUT2D eigenvalue weighted by molar-refractivity contribution is 7.20. The molecule has 1 aliphatic carbocycles. The summed E-state index contributed by atoms with van der Waals surface area (Å²) in [6.45, 7) is 5.83. The molecule has 9 heteroatoms. The first-order valence-electron chi connectivity index (χ1n) is 11.6. The Morgan fingerprint density at radius 3 is 2.59 bits per heavy atom. The Morgan fingerprint density at radius 2 is 1.91 bits per heavy atom. The van der Waals surface area contributed by atoms with E-state index in [0.717, 1.165) is 37.0 Å². The molecule has 1 N–H and O–H groups in total. The first-order valence-corrected chi connectivity index (χ1v) is 12.5. The van der Waals surface area contributed by atoms with Gasteiger partial charge in [-0.2, -0.15) is 0 Å². The highest BCUT2D eigenvalue weighted by Gasteiger charge is 2.26. The van der Waals surface area contributed by atoms with Crippen LogP contribution in [-0.2, 0) is 9.53 Å². The molecule has 1 aromatic carbocycles. The minimum absolute atomic E-state index is 0.0678. The summed E-state index contributed by atoms with van der Waals surface area (Å²) in [6.07, 6.45) is 6.34. The molecule has 1 aliphatic rings. The predicted octanol–water partition coefficient (Wildman–Crippen LogP) is 4.85. The first kappa shape index (κ1) is 23.9. The van der Waals surface area contributed by atoms with Crippen LogP contribution < -0.4 is 15.6 Å². The molecule has 34 heavy (non-hydrogen) atoms. The molecule has 1 amide bonds. The largest absolute Gasteiger partial charge is 0.494 e. The lowest BCUT2D eigenvalue weighted by molar-refractivity contribution is -0.118. The number of hydrogen-bond donors (Lipinski definition) is 1. The number of nitrogens with one attached hydrogen (secondary N) is 1. The molecule has 1 saturated carbocycles. The number of ether oxygens (including phenoxy) is 2. The van der Waals surface area contributed by atoms with Crippen molar-refractivity contribution in [3.8, 4) is 5.75 Å². The third kappa shape index (κ3) is 4.99. The van der Waals surface area contributed by atoms with Crippen molar-refractivity contribution in [1.29, 1.82) is 0 Å². The van der Waals surface area contributed by atoms with Crippen LogP contribution in [0.25, 0.3) is 10.2 Å². The quantitative estimate of drug-likeness (QED) is 0.482. The summed E-state index contributed by atoms with van der Waals surface area (Å²) in [5.41, 5.74) is 0.790. The predicted molar refractivity (Wildman–Crippen MR) is 132 cm³/mol. The second-order valence-electron chi connectivity index (χ2n) is 8.48. The molecule has 0 spiro atoms. The zero-order chi connectivity index (χ0) is 24.2. The number of benzene rings is 1. The van der Waals surface area contributed by atoms with Crippen LogP contribution in [0, 0.1) is 6.92 Å². The lowest BCUT2D eigenvalue weighted by Crippen LogP contribution is -2.31. The molecule has 1 fully saturated rings. The number of aromatic nitrogens is 2. The highest BCUT2D eigenvalue weighted by atomic mass is 32.1. The van der Waals surface area contributed by atoms with Gasteiger partial charge in [-0.15, -0.1) is 11.3 Å². The Morgan fingerprint density at radius 1 is 1.21 bits per heavy atom. The summed E-state index contributed by atoms with van der Waals surface area (Å²) in [7, 11) is 0. The molecule has 4 rings (SSSR count). The molecule has 0 aliphatic heterocycles. The normalized spacial score (nSPS) is 15.1. The van der Waals surface area contributed by atoms with Gasteiger partial charge in [-0.25, -0.2) is 9.78 Å². The summed E-state index contributed by atoms with van der Waals surface area (Å²) in [4.78, 5) is 44.1. The van der Waals surface area contributed by atoms with Gasteiger partial charge in [0, 0.05) is 5.69 Å². The molecular formula is C25H29N3O5S. The van der Waals surface area contributed by atoms with Gasteiger partial charge in [-0.05, 0) is 76.3 Å². The monoisotopic (exact) mass is 483 g/mol. The molecule has 0 saturated heterocycles. The number of aryl methyl sites for hydroxylation is 1. The number of nitrogens with zero attached hydrogens (tertiary/aromatic N) is 2. The highest BCUT2D eigenvalue weighted by Crippen LogP contribution is 2.30. The molecule has 1 unspecified atom stereocenters. The van der Waals surface area contributed by atoms with Crippen molar-refractivity contribution in [3.05, 3.63) is 51.4 Å². The van der Waals surface area contributed by atoms with E-state index in [1.165, 1.54) is 17.3 Å². The summed E-state index contributed by atoms with van der Waals surface area (Å²) in [6, 6.07) is 6.23. The second kappa shape index (κ2) is 10.4. The van der Waals surface area contributed by atoms with Crippen molar-refractivity contribution in [1.82, 2.24) is 9.55 Å². The minimum atomic E-state index is -0.798. The van der Waals surface area contributed by atoms with Gasteiger partial charge in [0.2, 0.25) is 5.91 Å². The molecule has 180 valence electrons. The van der Waals surface area contributed by atoms with Crippen molar-refractivity contribution in [3.63, 3.8) is 0 Å². The van der Waals surface area contributed by atoms with E-state index in [-0.39, 0.29) is 17.6 Å². The molecule has 1 atom stereocenters. The van der Waals surface area contributed by atoms with Crippen molar-refractivity contribution in [2.75, 3.05) is 11.9 Å². The first-order chi connectivity index (χ1) is 16.4. The summed E-state index contributed by atoms with van der Waals surface area (Å²) < 4.78 is 12.4. The van der Waals surface area contributed by atoms with E-state index in [1.807, 2.05) is 6.92 Å². The second-order valence-corrected chi connectivity index (χ2v) is 9.48. The van der Waals surface area contributed by atoms with E-state index < -0.39 is 12.0 Å². The van der Waals surface area contributed by atoms with E-state index in [4.69, 9.17) is 9.47 Å². The number of rotatable bonds is 7. The molecule has 0 bridgehead atoms. The number of fused-ring (bicyclic) bond motifs is 1. The third-order valence-electron chi connectivity index (χ3n) is 6.12. The number of amides is 1. The van der Waals surface area contributed by atoms with Crippen LogP contribution in [0.4, 0.5) is 5.69 Å². The smallest absolute Gasteiger partial charge is 0.348 e. The summed E-state index contributed by atoms with van der Waals surface area (Å²) in [5, 5.41) is 3.17. The Bertz CT molecular complexity index is 1240. The van der Waals surface area contributed by atoms with Crippen molar-refractivity contribution < 1.29 is 19.1 Å². The number of hydrogen-bond acceptors (Lipinski definition) is 7. The van der Waals surface area contributed by atoms with Gasteiger partial charge in [-0.1, -0.05) is 6.42 Å². The van der Waals surface area contributed by atoms with Gasteiger partial charge in [0.25, 0.3) is 5.56 Å². The van der Waals surface area contributed by atoms with Crippen LogP contribution in [0.3, 0.4) is 0 Å². The average molecular weight is 484 g/mol. The van der Waals surface area contributed by atoms with E-state index >= 15 is 0 Å². The van der Waals surface area contributed by atoms with Gasteiger partial charge in [0.05, 0.1) is 18.3 Å². The van der Waals surface area contributed by atoms with Gasteiger partial charge in [0.1, 0.15) is 27.6 Å². The van der Waals surface area contributed by atoms with Gasteiger partial charge in [-0.3, -0.25) is 14.2 Å². The van der Waals surface area contributed by atoms with Crippen LogP contribution in [0.15, 0.2) is 35.4 Å². The van der Waals surface area contributed by atoms with Crippen LogP contribution in [0.1, 0.15) is 67.2 Å². The average Bonchev–Trinajstić information content (AvgIpc) is 3.18. The number of carbonyl (C=O) groups is 2. The molecule has 2 heterocycles. The molecule has 3 aromatic rings. The SMILES string of the molecule is CCOc1ccc(NC(=O)C(C)n2cnc3sc(C(=O)OC4CCCCC4)c(C)c3c2=O)cc1. The van der Waals surface area contributed by atoms with Crippen molar-refractivity contribution in [2.45, 2.75) is 65.0 Å². The number of carbonyl (C=O) groups excluding carboxylic acids is 2. The Hall–Kier alpha value is -3.20. The fraction of sp³-hybridized carbons (Fsp3) is 0.440. The van der Waals surface area contributed by atoms with E-state index in [9.17, 15) is 14.4 Å². The van der Waals surface area contributed by atoms with Gasteiger partial charge in [0.15, 0.2) is 0 Å². The summed E-state index contributed by atoms with van der Waals surface area (Å²) in [5.74, 6) is -0.0398. The lowest BCUT2D eigenvalue weighted by Gasteiger charge is -2.21. The van der Waals surface area contributed by atoms with Crippen molar-refractivity contribution in [2.24, 2.45) is 0 Å². The number of esters is 1. The maximum Gasteiger partial charge on any atom is 0.348 e. The zero-order valence-electron chi connectivity index (χ0n) is 19.6. The van der Waals surface area contributed by atoms with Crippen LogP contribution >= 0.6 is 11.3 Å². The van der Waals surface area contributed by atoms with E-state index in [2.05, 4.69) is 10.3 Å². The van der Waals surface area contributed by atoms with Gasteiger partial charge < -0.3 is 14.8 Å². The lowest BCUT2D eigenvalue weighted by atomic mass is 9.98. The zero-order valence-corrected chi connectivity index (χ0v) is 20.4.